The number of aliphatic hydroxyl groups excluding tert-OH is 1. The second-order valence-electron chi connectivity index (χ2n) is 5.68. The number of hydrogen-bond acceptors (Lipinski definition) is 3. The van der Waals surface area contributed by atoms with Gasteiger partial charge < -0.3 is 10.0 Å². The van der Waals surface area contributed by atoms with Gasteiger partial charge in [0, 0.05) is 24.0 Å². The number of aliphatic hydroxyl groups is 1. The zero-order chi connectivity index (χ0) is 13.9. The summed E-state index contributed by atoms with van der Waals surface area (Å²) in [6.07, 6.45) is 3.76. The van der Waals surface area contributed by atoms with Gasteiger partial charge in [-0.15, -0.1) is 0 Å². The Hall–Kier alpha value is -1.61. The van der Waals surface area contributed by atoms with E-state index in [9.17, 15) is 5.11 Å². The Labute approximate surface area is 120 Å². The fraction of sp³-hybridized carbons (Fsp3) is 0.471. The van der Waals surface area contributed by atoms with Crippen molar-refractivity contribution in [3.63, 3.8) is 0 Å². The molecule has 106 valence electrons. The third kappa shape index (κ3) is 2.50. The van der Waals surface area contributed by atoms with Crippen LogP contribution >= 0.6 is 0 Å². The summed E-state index contributed by atoms with van der Waals surface area (Å²) in [6, 6.07) is 10.2. The molecule has 3 rings (SSSR count). The quantitative estimate of drug-likeness (QED) is 0.929. The number of anilines is 1. The summed E-state index contributed by atoms with van der Waals surface area (Å²) in [4.78, 5) is 7.16. The summed E-state index contributed by atoms with van der Waals surface area (Å²) >= 11 is 0. The molecule has 1 aromatic heterocycles. The number of rotatable bonds is 3. The van der Waals surface area contributed by atoms with Gasteiger partial charge in [0.2, 0.25) is 0 Å². The molecule has 0 saturated carbocycles. The highest BCUT2D eigenvalue weighted by Gasteiger charge is 2.21. The van der Waals surface area contributed by atoms with Crippen LogP contribution in [0, 0.1) is 5.92 Å². The molecule has 1 aromatic carbocycles. The van der Waals surface area contributed by atoms with Crippen molar-refractivity contribution in [3.8, 4) is 0 Å². The minimum Gasteiger partial charge on any atom is -0.392 e. The Bertz CT molecular complexity index is 597. The minimum atomic E-state index is 0.0560. The molecule has 0 spiro atoms. The van der Waals surface area contributed by atoms with Crippen LogP contribution in [0.2, 0.25) is 0 Å². The Kier molecular flexibility index (Phi) is 3.88. The first-order chi connectivity index (χ1) is 9.81. The number of pyridine rings is 1. The molecule has 1 atom stereocenters. The van der Waals surface area contributed by atoms with E-state index in [1.165, 1.54) is 19.3 Å². The van der Waals surface area contributed by atoms with E-state index in [4.69, 9.17) is 4.98 Å². The van der Waals surface area contributed by atoms with Crippen molar-refractivity contribution < 1.29 is 5.11 Å². The molecule has 3 nitrogen and oxygen atoms in total. The first kappa shape index (κ1) is 13.4. The molecule has 0 aliphatic carbocycles. The standard InChI is InChI=1S/C17H22N2O/c1-2-13-6-5-9-19(11-13)17-15(12-20)10-14-7-3-4-8-16(14)18-17/h3-4,7-8,10,13,20H,2,5-6,9,11-12H2,1H3. The normalized spacial score (nSPS) is 19.5. The molecule has 20 heavy (non-hydrogen) atoms. The SMILES string of the molecule is CCC1CCCN(c2nc3ccccc3cc2CO)C1. The van der Waals surface area contributed by atoms with Gasteiger partial charge in [0.15, 0.2) is 0 Å². The van der Waals surface area contributed by atoms with Crippen LogP contribution in [0.25, 0.3) is 10.9 Å². The maximum absolute atomic E-state index is 9.66. The highest BCUT2D eigenvalue weighted by Crippen LogP contribution is 2.28. The molecule has 3 heteroatoms. The van der Waals surface area contributed by atoms with Crippen LogP contribution < -0.4 is 4.90 Å². The molecule has 0 radical (unpaired) electrons. The molecule has 1 N–H and O–H groups in total. The van der Waals surface area contributed by atoms with E-state index in [0.717, 1.165) is 41.3 Å². The van der Waals surface area contributed by atoms with E-state index in [1.807, 2.05) is 18.2 Å². The van der Waals surface area contributed by atoms with Crippen molar-refractivity contribution in [2.24, 2.45) is 5.92 Å². The molecule has 2 aromatic rings. The molecule has 1 aliphatic heterocycles. The molecule has 0 bridgehead atoms. The first-order valence-corrected chi connectivity index (χ1v) is 7.56. The lowest BCUT2D eigenvalue weighted by Gasteiger charge is -2.34. The van der Waals surface area contributed by atoms with Crippen molar-refractivity contribution in [1.82, 2.24) is 4.98 Å². The minimum absolute atomic E-state index is 0.0560. The van der Waals surface area contributed by atoms with Gasteiger partial charge in [-0.1, -0.05) is 31.5 Å². The highest BCUT2D eigenvalue weighted by molar-refractivity contribution is 5.81. The monoisotopic (exact) mass is 270 g/mol. The second kappa shape index (κ2) is 5.80. The number of piperidine rings is 1. The van der Waals surface area contributed by atoms with Crippen LogP contribution in [0.15, 0.2) is 30.3 Å². The Morgan fingerprint density at radius 1 is 1.35 bits per heavy atom. The Morgan fingerprint density at radius 2 is 2.20 bits per heavy atom. The van der Waals surface area contributed by atoms with Crippen molar-refractivity contribution in [2.45, 2.75) is 32.8 Å². The number of benzene rings is 1. The molecule has 1 saturated heterocycles. The lowest BCUT2D eigenvalue weighted by Crippen LogP contribution is -2.36. The average Bonchev–Trinajstić information content (AvgIpc) is 2.53. The van der Waals surface area contributed by atoms with E-state index in [0.29, 0.717) is 0 Å². The third-order valence-electron chi connectivity index (χ3n) is 4.35. The van der Waals surface area contributed by atoms with Crippen molar-refractivity contribution in [3.05, 3.63) is 35.9 Å². The van der Waals surface area contributed by atoms with Crippen molar-refractivity contribution in [1.29, 1.82) is 0 Å². The highest BCUT2D eigenvalue weighted by atomic mass is 16.3. The van der Waals surface area contributed by atoms with Gasteiger partial charge in [0.25, 0.3) is 0 Å². The molecule has 0 amide bonds. The van der Waals surface area contributed by atoms with Gasteiger partial charge in [0.1, 0.15) is 5.82 Å². The van der Waals surface area contributed by atoms with Gasteiger partial charge >= 0.3 is 0 Å². The Morgan fingerprint density at radius 3 is 3.00 bits per heavy atom. The smallest absolute Gasteiger partial charge is 0.134 e. The van der Waals surface area contributed by atoms with Gasteiger partial charge in [-0.2, -0.15) is 0 Å². The fourth-order valence-corrected chi connectivity index (χ4v) is 3.13. The van der Waals surface area contributed by atoms with Gasteiger partial charge in [-0.05, 0) is 30.9 Å². The number of nitrogens with zero attached hydrogens (tertiary/aromatic N) is 2. The average molecular weight is 270 g/mol. The van der Waals surface area contributed by atoms with E-state index in [2.05, 4.69) is 24.0 Å². The lowest BCUT2D eigenvalue weighted by molar-refractivity contribution is 0.281. The summed E-state index contributed by atoms with van der Waals surface area (Å²) in [5.41, 5.74) is 1.96. The molecule has 1 unspecified atom stereocenters. The lowest BCUT2D eigenvalue weighted by atomic mass is 9.95. The van der Waals surface area contributed by atoms with Crippen LogP contribution in [0.3, 0.4) is 0 Å². The Balaban J connectivity index is 2.00. The summed E-state index contributed by atoms with van der Waals surface area (Å²) < 4.78 is 0. The van der Waals surface area contributed by atoms with E-state index in [1.54, 1.807) is 0 Å². The maximum Gasteiger partial charge on any atom is 0.134 e. The third-order valence-corrected chi connectivity index (χ3v) is 4.35. The summed E-state index contributed by atoms with van der Waals surface area (Å²) in [5, 5.41) is 10.8. The summed E-state index contributed by atoms with van der Waals surface area (Å²) in [6.45, 7) is 4.43. The van der Waals surface area contributed by atoms with Crippen LogP contribution in [-0.2, 0) is 6.61 Å². The summed E-state index contributed by atoms with van der Waals surface area (Å²) in [5.74, 6) is 1.73. The predicted molar refractivity (Wildman–Crippen MR) is 82.9 cm³/mol. The predicted octanol–water partition coefficient (Wildman–Crippen LogP) is 3.35. The topological polar surface area (TPSA) is 36.4 Å². The van der Waals surface area contributed by atoms with Gasteiger partial charge in [-0.25, -0.2) is 4.98 Å². The molecule has 1 aliphatic rings. The maximum atomic E-state index is 9.66. The molecular weight excluding hydrogens is 248 g/mol. The number of fused-ring (bicyclic) bond motifs is 1. The van der Waals surface area contributed by atoms with Crippen LogP contribution in [0.4, 0.5) is 5.82 Å². The van der Waals surface area contributed by atoms with Crippen LogP contribution in [-0.4, -0.2) is 23.2 Å². The largest absolute Gasteiger partial charge is 0.392 e. The molecular formula is C17H22N2O. The summed E-state index contributed by atoms with van der Waals surface area (Å²) in [7, 11) is 0. The van der Waals surface area contributed by atoms with Crippen molar-refractivity contribution >= 4 is 16.7 Å². The van der Waals surface area contributed by atoms with Crippen molar-refractivity contribution in [2.75, 3.05) is 18.0 Å². The van der Waals surface area contributed by atoms with Gasteiger partial charge in [0.05, 0.1) is 12.1 Å². The number of para-hydroxylation sites is 1. The van der Waals surface area contributed by atoms with E-state index < -0.39 is 0 Å². The van der Waals surface area contributed by atoms with Gasteiger partial charge in [-0.3, -0.25) is 0 Å². The zero-order valence-corrected chi connectivity index (χ0v) is 12.0. The van der Waals surface area contributed by atoms with E-state index in [-0.39, 0.29) is 6.61 Å². The van der Waals surface area contributed by atoms with Crippen LogP contribution in [0.1, 0.15) is 31.7 Å². The zero-order valence-electron chi connectivity index (χ0n) is 12.0. The van der Waals surface area contributed by atoms with E-state index >= 15 is 0 Å². The fourth-order valence-electron chi connectivity index (χ4n) is 3.13. The number of hydrogen-bond donors (Lipinski definition) is 1. The number of aromatic nitrogens is 1. The molecule has 2 heterocycles. The van der Waals surface area contributed by atoms with Crippen LogP contribution in [0.5, 0.6) is 0 Å². The molecule has 1 fully saturated rings. The first-order valence-electron chi connectivity index (χ1n) is 7.56. The second-order valence-corrected chi connectivity index (χ2v) is 5.68.